The number of hydrogen-bond acceptors (Lipinski definition) is 4. The van der Waals surface area contributed by atoms with Gasteiger partial charge < -0.3 is 5.73 Å². The van der Waals surface area contributed by atoms with Gasteiger partial charge in [-0.1, -0.05) is 12.1 Å². The summed E-state index contributed by atoms with van der Waals surface area (Å²) in [6, 6.07) is 10.0. The van der Waals surface area contributed by atoms with Crippen LogP contribution in [0.3, 0.4) is 0 Å². The zero-order chi connectivity index (χ0) is 14.4. The second kappa shape index (κ2) is 4.54. The van der Waals surface area contributed by atoms with Gasteiger partial charge in [-0.25, -0.2) is 14.3 Å². The number of aromatic amines is 1. The van der Waals surface area contributed by atoms with Crippen LogP contribution in [0.15, 0.2) is 45.9 Å². The van der Waals surface area contributed by atoms with Crippen LogP contribution in [-0.2, 0) is 6.54 Å². The molecule has 0 saturated carbocycles. The summed E-state index contributed by atoms with van der Waals surface area (Å²) in [5.74, 6) is 0. The molecule has 5 nitrogen and oxygen atoms in total. The minimum absolute atomic E-state index is 0.235. The summed E-state index contributed by atoms with van der Waals surface area (Å²) in [6.07, 6.45) is 0. The molecule has 21 heavy (non-hydrogen) atoms. The Bertz CT molecular complexity index is 998. The van der Waals surface area contributed by atoms with Crippen LogP contribution in [0.1, 0.15) is 5.56 Å². The maximum absolute atomic E-state index is 12.0. The summed E-state index contributed by atoms with van der Waals surface area (Å²) in [6.45, 7) is 0.409. The number of pyridine rings is 1. The van der Waals surface area contributed by atoms with Gasteiger partial charge in [-0.15, -0.1) is 0 Å². The Morgan fingerprint density at radius 3 is 2.90 bits per heavy atom. The number of H-pyrrole nitrogens is 1. The van der Waals surface area contributed by atoms with Gasteiger partial charge in [-0.3, -0.25) is 0 Å². The fraction of sp³-hybridized carbons (Fsp3) is 0.0667. The maximum Gasteiger partial charge on any atom is 0.348 e. The number of rotatable bonds is 2. The second-order valence-corrected chi connectivity index (χ2v) is 5.62. The molecule has 0 spiro atoms. The topological polar surface area (TPSA) is 76.2 Å². The van der Waals surface area contributed by atoms with Crippen molar-refractivity contribution in [3.8, 4) is 11.1 Å². The fourth-order valence-electron chi connectivity index (χ4n) is 2.64. The summed E-state index contributed by atoms with van der Waals surface area (Å²) in [5, 5.41) is 11.6. The molecule has 0 amide bonds. The number of nitrogens with zero attached hydrogens (tertiary/aromatic N) is 2. The SMILES string of the molecule is NCc1cc2n[nH]c(=O)n2c2cc(-c3ccsc3)ccc12. The third kappa shape index (κ3) is 1.80. The number of thiophene rings is 1. The van der Waals surface area contributed by atoms with Crippen LogP contribution in [0.2, 0.25) is 0 Å². The van der Waals surface area contributed by atoms with Gasteiger partial charge in [0, 0.05) is 11.9 Å². The number of nitrogens with two attached hydrogens (primary N) is 1. The van der Waals surface area contributed by atoms with Gasteiger partial charge in [0.15, 0.2) is 5.65 Å². The summed E-state index contributed by atoms with van der Waals surface area (Å²) < 4.78 is 1.59. The molecule has 0 bridgehead atoms. The van der Waals surface area contributed by atoms with Crippen molar-refractivity contribution in [2.75, 3.05) is 0 Å². The Kier molecular flexibility index (Phi) is 2.66. The number of nitrogens with one attached hydrogen (secondary N) is 1. The van der Waals surface area contributed by atoms with E-state index in [1.54, 1.807) is 15.7 Å². The van der Waals surface area contributed by atoms with E-state index in [1.165, 1.54) is 0 Å². The largest absolute Gasteiger partial charge is 0.348 e. The van der Waals surface area contributed by atoms with E-state index in [4.69, 9.17) is 5.73 Å². The summed E-state index contributed by atoms with van der Waals surface area (Å²) in [7, 11) is 0. The first-order valence-corrected chi connectivity index (χ1v) is 7.47. The first kappa shape index (κ1) is 12.3. The van der Waals surface area contributed by atoms with Gasteiger partial charge in [0.1, 0.15) is 0 Å². The second-order valence-electron chi connectivity index (χ2n) is 4.84. The molecule has 0 aliphatic rings. The van der Waals surface area contributed by atoms with Crippen LogP contribution in [0.4, 0.5) is 0 Å². The summed E-state index contributed by atoms with van der Waals surface area (Å²) in [5.41, 5.74) is 10.2. The third-order valence-corrected chi connectivity index (χ3v) is 4.34. The normalized spacial score (nSPS) is 11.5. The van der Waals surface area contributed by atoms with E-state index in [9.17, 15) is 4.79 Å². The van der Waals surface area contributed by atoms with E-state index in [-0.39, 0.29) is 5.69 Å². The van der Waals surface area contributed by atoms with Crippen LogP contribution in [0, 0.1) is 0 Å². The minimum atomic E-state index is -0.235. The third-order valence-electron chi connectivity index (χ3n) is 3.66. The van der Waals surface area contributed by atoms with Crippen LogP contribution >= 0.6 is 11.3 Å². The molecule has 6 heteroatoms. The van der Waals surface area contributed by atoms with Gasteiger partial charge in [0.2, 0.25) is 0 Å². The van der Waals surface area contributed by atoms with Crippen molar-refractivity contribution in [1.29, 1.82) is 0 Å². The van der Waals surface area contributed by atoms with Crippen LogP contribution in [0.5, 0.6) is 0 Å². The van der Waals surface area contributed by atoms with Crippen LogP contribution in [-0.4, -0.2) is 14.6 Å². The highest BCUT2D eigenvalue weighted by molar-refractivity contribution is 7.08. The molecule has 0 aliphatic carbocycles. The highest BCUT2D eigenvalue weighted by Gasteiger charge is 2.10. The predicted octanol–water partition coefficient (Wildman–Crippen LogP) is 2.36. The lowest BCUT2D eigenvalue weighted by molar-refractivity contribution is 1.04. The van der Waals surface area contributed by atoms with Crippen molar-refractivity contribution in [2.24, 2.45) is 5.73 Å². The molecule has 1 aromatic carbocycles. The van der Waals surface area contributed by atoms with E-state index in [2.05, 4.69) is 27.7 Å². The zero-order valence-corrected chi connectivity index (χ0v) is 11.9. The highest BCUT2D eigenvalue weighted by Crippen LogP contribution is 2.28. The van der Waals surface area contributed by atoms with Gasteiger partial charge in [-0.05, 0) is 45.6 Å². The predicted molar refractivity (Wildman–Crippen MR) is 84.5 cm³/mol. The van der Waals surface area contributed by atoms with E-state index in [1.807, 2.05) is 23.6 Å². The van der Waals surface area contributed by atoms with Gasteiger partial charge in [0.05, 0.1) is 5.52 Å². The van der Waals surface area contributed by atoms with Gasteiger partial charge >= 0.3 is 5.69 Å². The van der Waals surface area contributed by atoms with E-state index >= 15 is 0 Å². The molecule has 0 aliphatic heterocycles. The fourth-order valence-corrected chi connectivity index (χ4v) is 3.30. The Hall–Kier alpha value is -2.44. The van der Waals surface area contributed by atoms with Crippen LogP contribution in [0.25, 0.3) is 27.7 Å². The average molecular weight is 296 g/mol. The molecule has 4 rings (SSSR count). The number of fused-ring (bicyclic) bond motifs is 3. The lowest BCUT2D eigenvalue weighted by Crippen LogP contribution is -2.11. The average Bonchev–Trinajstić information content (AvgIpc) is 3.16. The molecule has 4 aromatic rings. The molecule has 0 unspecified atom stereocenters. The molecule has 3 aromatic heterocycles. The van der Waals surface area contributed by atoms with E-state index in [0.29, 0.717) is 12.2 Å². The summed E-state index contributed by atoms with van der Waals surface area (Å²) in [4.78, 5) is 12.0. The van der Waals surface area contributed by atoms with Crippen molar-refractivity contribution in [3.63, 3.8) is 0 Å². The molecule has 104 valence electrons. The molecule has 3 N–H and O–H groups in total. The molecule has 0 fully saturated rings. The van der Waals surface area contributed by atoms with Gasteiger partial charge in [-0.2, -0.15) is 16.4 Å². The van der Waals surface area contributed by atoms with Crippen LogP contribution < -0.4 is 11.4 Å². The zero-order valence-electron chi connectivity index (χ0n) is 11.0. The number of hydrogen-bond donors (Lipinski definition) is 2. The van der Waals surface area contributed by atoms with E-state index < -0.39 is 0 Å². The molecular weight excluding hydrogens is 284 g/mol. The smallest absolute Gasteiger partial charge is 0.326 e. The van der Waals surface area contributed by atoms with Crippen molar-refractivity contribution in [3.05, 3.63) is 57.1 Å². The Labute approximate surface area is 123 Å². The molecule has 3 heterocycles. The first-order chi connectivity index (χ1) is 10.3. The highest BCUT2D eigenvalue weighted by atomic mass is 32.1. The maximum atomic E-state index is 12.0. The van der Waals surface area contributed by atoms with E-state index in [0.717, 1.165) is 27.6 Å². The van der Waals surface area contributed by atoms with Crippen molar-refractivity contribution in [1.82, 2.24) is 14.6 Å². The molecule has 0 saturated heterocycles. The Morgan fingerprint density at radius 2 is 2.14 bits per heavy atom. The van der Waals surface area contributed by atoms with Crippen molar-refractivity contribution >= 4 is 27.9 Å². The lowest BCUT2D eigenvalue weighted by Gasteiger charge is -2.08. The summed E-state index contributed by atoms with van der Waals surface area (Å²) >= 11 is 1.65. The number of benzene rings is 1. The number of aromatic nitrogens is 3. The molecular formula is C15H12N4OS. The monoisotopic (exact) mass is 296 g/mol. The standard InChI is InChI=1S/C15H12N4OS/c16-7-11-6-14-17-18-15(20)19(14)13-5-9(1-2-12(11)13)10-3-4-21-8-10/h1-6,8H,7,16H2,(H,18,20). The Balaban J connectivity index is 2.15. The lowest BCUT2D eigenvalue weighted by atomic mass is 10.0. The Morgan fingerprint density at radius 1 is 1.24 bits per heavy atom. The minimum Gasteiger partial charge on any atom is -0.326 e. The molecule has 0 radical (unpaired) electrons. The van der Waals surface area contributed by atoms with Gasteiger partial charge in [0.25, 0.3) is 0 Å². The first-order valence-electron chi connectivity index (χ1n) is 6.53. The molecule has 0 atom stereocenters. The van der Waals surface area contributed by atoms with Crippen molar-refractivity contribution in [2.45, 2.75) is 6.54 Å². The van der Waals surface area contributed by atoms with Crippen molar-refractivity contribution < 1.29 is 0 Å². The quantitative estimate of drug-likeness (QED) is 0.596.